The van der Waals surface area contributed by atoms with E-state index in [0.29, 0.717) is 0 Å². The molecule has 1 aliphatic carbocycles. The van der Waals surface area contributed by atoms with Crippen molar-refractivity contribution in [2.45, 2.75) is 44.7 Å². The number of rotatable bonds is 5. The van der Waals surface area contributed by atoms with Crippen LogP contribution < -0.4 is 5.32 Å². The Labute approximate surface area is 113 Å². The molecule has 1 aromatic heterocycles. The summed E-state index contributed by atoms with van der Waals surface area (Å²) in [4.78, 5) is 0. The second-order valence-corrected chi connectivity index (χ2v) is 5.50. The topological polar surface area (TPSA) is 17.0 Å². The number of aryl methyl sites for hydroxylation is 1. The molecule has 0 unspecified atom stereocenters. The minimum Gasteiger partial charge on any atom is -0.347 e. The fraction of sp³-hybridized carbons (Fsp3) is 0.500. The molecule has 0 aliphatic heterocycles. The molecule has 0 amide bonds. The lowest BCUT2D eigenvalue weighted by molar-refractivity contribution is 0.498. The molecular formula is C16H21FN2. The van der Waals surface area contributed by atoms with Crippen LogP contribution in [0.5, 0.6) is 0 Å². The van der Waals surface area contributed by atoms with Gasteiger partial charge in [-0.05, 0) is 50.1 Å². The maximum absolute atomic E-state index is 13.1. The average Bonchev–Trinajstić information content (AvgIpc) is 3.03. The molecule has 3 rings (SSSR count). The minimum atomic E-state index is -0.159. The van der Waals surface area contributed by atoms with E-state index in [1.807, 2.05) is 12.1 Å². The van der Waals surface area contributed by atoms with Gasteiger partial charge in [0.05, 0.1) is 0 Å². The number of aromatic nitrogens is 1. The number of nitrogens with zero attached hydrogens (tertiary/aromatic N) is 1. The van der Waals surface area contributed by atoms with Crippen molar-refractivity contribution in [1.82, 2.24) is 9.88 Å². The fourth-order valence-corrected chi connectivity index (χ4v) is 3.05. The van der Waals surface area contributed by atoms with Crippen molar-refractivity contribution in [2.24, 2.45) is 0 Å². The zero-order valence-electron chi connectivity index (χ0n) is 11.2. The van der Waals surface area contributed by atoms with E-state index in [1.54, 1.807) is 6.07 Å². The van der Waals surface area contributed by atoms with Gasteiger partial charge in [0.2, 0.25) is 0 Å². The number of fused-ring (bicyclic) bond motifs is 1. The van der Waals surface area contributed by atoms with Gasteiger partial charge in [-0.2, -0.15) is 0 Å². The second kappa shape index (κ2) is 5.74. The summed E-state index contributed by atoms with van der Waals surface area (Å²) >= 11 is 0. The van der Waals surface area contributed by atoms with Gasteiger partial charge in [-0.1, -0.05) is 12.8 Å². The van der Waals surface area contributed by atoms with Crippen molar-refractivity contribution in [1.29, 1.82) is 0 Å². The number of hydrogen-bond donors (Lipinski definition) is 1. The molecule has 0 saturated heterocycles. The molecule has 1 heterocycles. The van der Waals surface area contributed by atoms with E-state index in [1.165, 1.54) is 31.7 Å². The van der Waals surface area contributed by atoms with E-state index >= 15 is 0 Å². The zero-order valence-corrected chi connectivity index (χ0v) is 11.2. The molecule has 1 saturated carbocycles. The van der Waals surface area contributed by atoms with Crippen LogP contribution in [0.25, 0.3) is 10.9 Å². The molecule has 0 radical (unpaired) electrons. The third-order valence-electron chi connectivity index (χ3n) is 4.10. The first-order chi connectivity index (χ1) is 9.33. The summed E-state index contributed by atoms with van der Waals surface area (Å²) in [6.45, 7) is 2.07. The third kappa shape index (κ3) is 2.98. The molecule has 2 aromatic rings. The summed E-state index contributed by atoms with van der Waals surface area (Å²) in [5.74, 6) is -0.159. The van der Waals surface area contributed by atoms with Crippen molar-refractivity contribution >= 4 is 10.9 Å². The average molecular weight is 260 g/mol. The predicted molar refractivity (Wildman–Crippen MR) is 76.8 cm³/mol. The number of halogens is 1. The van der Waals surface area contributed by atoms with Crippen molar-refractivity contribution in [2.75, 3.05) is 6.54 Å². The van der Waals surface area contributed by atoms with E-state index in [9.17, 15) is 4.39 Å². The highest BCUT2D eigenvalue weighted by Gasteiger charge is 2.13. The van der Waals surface area contributed by atoms with Gasteiger partial charge in [0.25, 0.3) is 0 Å². The Morgan fingerprint density at radius 3 is 2.89 bits per heavy atom. The maximum Gasteiger partial charge on any atom is 0.123 e. The van der Waals surface area contributed by atoms with E-state index in [2.05, 4.69) is 16.1 Å². The summed E-state index contributed by atoms with van der Waals surface area (Å²) in [6, 6.07) is 7.74. The summed E-state index contributed by atoms with van der Waals surface area (Å²) in [5, 5.41) is 4.62. The van der Waals surface area contributed by atoms with Crippen molar-refractivity contribution in [3.8, 4) is 0 Å². The van der Waals surface area contributed by atoms with Crippen molar-refractivity contribution in [3.05, 3.63) is 36.3 Å². The van der Waals surface area contributed by atoms with Crippen LogP contribution in [0.3, 0.4) is 0 Å². The lowest BCUT2D eigenvalue weighted by atomic mass is 10.2. The van der Waals surface area contributed by atoms with Gasteiger partial charge in [0.15, 0.2) is 0 Å². The van der Waals surface area contributed by atoms with Crippen LogP contribution in [-0.4, -0.2) is 17.2 Å². The Bertz CT molecular complexity index is 541. The maximum atomic E-state index is 13.1. The molecule has 3 heteroatoms. The molecular weight excluding hydrogens is 239 g/mol. The quantitative estimate of drug-likeness (QED) is 0.811. The Morgan fingerprint density at radius 2 is 2.05 bits per heavy atom. The van der Waals surface area contributed by atoms with Crippen LogP contribution in [-0.2, 0) is 6.54 Å². The Kier molecular flexibility index (Phi) is 3.83. The van der Waals surface area contributed by atoms with Crippen LogP contribution in [0.2, 0.25) is 0 Å². The summed E-state index contributed by atoms with van der Waals surface area (Å²) in [6.07, 6.45) is 8.62. The highest BCUT2D eigenvalue weighted by Crippen LogP contribution is 2.18. The van der Waals surface area contributed by atoms with E-state index < -0.39 is 0 Å². The molecule has 0 atom stereocenters. The molecule has 0 bridgehead atoms. The van der Waals surface area contributed by atoms with Gasteiger partial charge in [0, 0.05) is 29.7 Å². The van der Waals surface area contributed by atoms with Gasteiger partial charge >= 0.3 is 0 Å². The molecule has 1 N–H and O–H groups in total. The summed E-state index contributed by atoms with van der Waals surface area (Å²) in [5.41, 5.74) is 1.13. The molecule has 0 spiro atoms. The largest absolute Gasteiger partial charge is 0.347 e. The van der Waals surface area contributed by atoms with Gasteiger partial charge in [-0.3, -0.25) is 0 Å². The van der Waals surface area contributed by atoms with Crippen LogP contribution in [0.1, 0.15) is 32.1 Å². The monoisotopic (exact) mass is 260 g/mol. The van der Waals surface area contributed by atoms with E-state index in [4.69, 9.17) is 0 Å². The standard InChI is InChI=1S/C16H21FN2/c17-14-6-7-16-13(12-14)8-11-19(16)10-3-9-18-15-4-1-2-5-15/h6-8,11-12,15,18H,1-5,9-10H2. The van der Waals surface area contributed by atoms with Crippen LogP contribution >= 0.6 is 0 Å². The van der Waals surface area contributed by atoms with Gasteiger partial charge < -0.3 is 9.88 Å². The first-order valence-corrected chi connectivity index (χ1v) is 7.31. The Balaban J connectivity index is 1.53. The SMILES string of the molecule is Fc1ccc2c(ccn2CCCNC2CCCC2)c1. The summed E-state index contributed by atoms with van der Waals surface area (Å²) in [7, 11) is 0. The molecule has 1 aliphatic rings. The van der Waals surface area contributed by atoms with Crippen LogP contribution in [0, 0.1) is 5.82 Å². The highest BCUT2D eigenvalue weighted by molar-refractivity contribution is 5.80. The van der Waals surface area contributed by atoms with Crippen LogP contribution in [0.15, 0.2) is 30.5 Å². The number of benzene rings is 1. The molecule has 1 aromatic carbocycles. The van der Waals surface area contributed by atoms with Gasteiger partial charge in [-0.25, -0.2) is 4.39 Å². The van der Waals surface area contributed by atoms with Crippen LogP contribution in [0.4, 0.5) is 4.39 Å². The fourth-order valence-electron chi connectivity index (χ4n) is 3.05. The zero-order chi connectivity index (χ0) is 13.1. The normalized spacial score (nSPS) is 16.5. The molecule has 1 fully saturated rings. The highest BCUT2D eigenvalue weighted by atomic mass is 19.1. The summed E-state index contributed by atoms with van der Waals surface area (Å²) < 4.78 is 15.3. The van der Waals surface area contributed by atoms with Crippen molar-refractivity contribution in [3.63, 3.8) is 0 Å². The Morgan fingerprint density at radius 1 is 1.21 bits per heavy atom. The lowest BCUT2D eigenvalue weighted by Crippen LogP contribution is -2.27. The Hall–Kier alpha value is -1.35. The van der Waals surface area contributed by atoms with E-state index in [-0.39, 0.29) is 5.82 Å². The second-order valence-electron chi connectivity index (χ2n) is 5.50. The minimum absolute atomic E-state index is 0.159. The lowest BCUT2D eigenvalue weighted by Gasteiger charge is -2.12. The third-order valence-corrected chi connectivity index (χ3v) is 4.10. The smallest absolute Gasteiger partial charge is 0.123 e. The van der Waals surface area contributed by atoms with E-state index in [0.717, 1.165) is 36.5 Å². The van der Waals surface area contributed by atoms with Crippen molar-refractivity contribution < 1.29 is 4.39 Å². The first-order valence-electron chi connectivity index (χ1n) is 7.31. The molecule has 102 valence electrons. The van der Waals surface area contributed by atoms with Gasteiger partial charge in [-0.15, -0.1) is 0 Å². The molecule has 19 heavy (non-hydrogen) atoms. The van der Waals surface area contributed by atoms with Gasteiger partial charge in [0.1, 0.15) is 5.82 Å². The number of hydrogen-bond acceptors (Lipinski definition) is 1. The number of nitrogens with one attached hydrogen (secondary N) is 1. The molecule has 2 nitrogen and oxygen atoms in total. The first kappa shape index (κ1) is 12.7. The predicted octanol–water partition coefficient (Wildman–Crippen LogP) is 3.70.